The number of pyridine rings is 1. The first-order chi connectivity index (χ1) is 9.10. The summed E-state index contributed by atoms with van der Waals surface area (Å²) in [7, 11) is 0. The van der Waals surface area contributed by atoms with E-state index in [9.17, 15) is 4.79 Å². The van der Waals surface area contributed by atoms with Gasteiger partial charge in [0.1, 0.15) is 6.07 Å². The first-order valence-electron chi connectivity index (χ1n) is 5.53. The SMILES string of the molecule is Cc1ccc(NC(=O)c2cncc(C#N)c2)c(Br)c1. The lowest BCUT2D eigenvalue weighted by Gasteiger charge is -2.08. The molecule has 5 heteroatoms. The van der Waals surface area contributed by atoms with Gasteiger partial charge in [-0.15, -0.1) is 0 Å². The number of nitriles is 1. The zero-order valence-corrected chi connectivity index (χ0v) is 11.7. The summed E-state index contributed by atoms with van der Waals surface area (Å²) in [5.74, 6) is -0.297. The highest BCUT2D eigenvalue weighted by Crippen LogP contribution is 2.23. The predicted molar refractivity (Wildman–Crippen MR) is 75.8 cm³/mol. The molecule has 0 unspecified atom stereocenters. The van der Waals surface area contributed by atoms with Gasteiger partial charge in [0, 0.05) is 16.9 Å². The van der Waals surface area contributed by atoms with E-state index in [4.69, 9.17) is 5.26 Å². The standard InChI is InChI=1S/C14H10BrN3O/c1-9-2-3-13(12(15)4-9)18-14(19)11-5-10(6-16)7-17-8-11/h2-5,7-8H,1H3,(H,18,19). The molecule has 19 heavy (non-hydrogen) atoms. The van der Waals surface area contributed by atoms with E-state index in [1.807, 2.05) is 31.2 Å². The van der Waals surface area contributed by atoms with Gasteiger partial charge >= 0.3 is 0 Å². The largest absolute Gasteiger partial charge is 0.321 e. The normalized spacial score (nSPS) is 9.74. The third kappa shape index (κ3) is 3.18. The number of nitrogens with one attached hydrogen (secondary N) is 1. The number of rotatable bonds is 2. The van der Waals surface area contributed by atoms with Crippen LogP contribution >= 0.6 is 15.9 Å². The molecule has 1 amide bonds. The van der Waals surface area contributed by atoms with Crippen molar-refractivity contribution in [2.75, 3.05) is 5.32 Å². The molecule has 1 heterocycles. The van der Waals surface area contributed by atoms with Crippen molar-refractivity contribution in [2.24, 2.45) is 0 Å². The van der Waals surface area contributed by atoms with Crippen LogP contribution in [0.4, 0.5) is 5.69 Å². The summed E-state index contributed by atoms with van der Waals surface area (Å²) in [5.41, 5.74) is 2.48. The monoisotopic (exact) mass is 315 g/mol. The Morgan fingerprint density at radius 1 is 1.37 bits per heavy atom. The predicted octanol–water partition coefficient (Wildman–Crippen LogP) is 3.28. The van der Waals surface area contributed by atoms with Crippen LogP contribution in [0.15, 0.2) is 41.1 Å². The van der Waals surface area contributed by atoms with Crippen molar-refractivity contribution in [3.05, 3.63) is 57.8 Å². The van der Waals surface area contributed by atoms with Gasteiger partial charge in [0.25, 0.3) is 5.91 Å². The molecular weight excluding hydrogens is 306 g/mol. The average Bonchev–Trinajstić information content (AvgIpc) is 2.42. The highest BCUT2D eigenvalue weighted by Gasteiger charge is 2.09. The van der Waals surface area contributed by atoms with E-state index in [1.165, 1.54) is 18.5 Å². The highest BCUT2D eigenvalue weighted by molar-refractivity contribution is 9.10. The molecule has 0 aliphatic rings. The molecule has 1 aromatic carbocycles. The van der Waals surface area contributed by atoms with Crippen molar-refractivity contribution in [3.8, 4) is 6.07 Å². The Balaban J connectivity index is 2.23. The van der Waals surface area contributed by atoms with Gasteiger partial charge in [0.2, 0.25) is 0 Å². The number of anilines is 1. The van der Waals surface area contributed by atoms with Crippen LogP contribution in [-0.2, 0) is 0 Å². The number of aromatic nitrogens is 1. The maximum atomic E-state index is 12.0. The molecular formula is C14H10BrN3O. The summed E-state index contributed by atoms with van der Waals surface area (Å²) in [6, 6.07) is 9.10. The lowest BCUT2D eigenvalue weighted by molar-refractivity contribution is 0.102. The van der Waals surface area contributed by atoms with Gasteiger partial charge in [-0.3, -0.25) is 9.78 Å². The summed E-state index contributed by atoms with van der Waals surface area (Å²) >= 11 is 3.39. The first kappa shape index (κ1) is 13.2. The van der Waals surface area contributed by atoms with Gasteiger partial charge in [-0.25, -0.2) is 0 Å². The number of carbonyl (C=O) groups is 1. The van der Waals surface area contributed by atoms with Gasteiger partial charge in [0.15, 0.2) is 0 Å². The molecule has 1 N–H and O–H groups in total. The van der Waals surface area contributed by atoms with E-state index >= 15 is 0 Å². The van der Waals surface area contributed by atoms with Crippen LogP contribution in [0.2, 0.25) is 0 Å². The average molecular weight is 316 g/mol. The summed E-state index contributed by atoms with van der Waals surface area (Å²) in [5, 5.41) is 11.5. The van der Waals surface area contributed by atoms with E-state index in [2.05, 4.69) is 26.2 Å². The Bertz CT molecular complexity index is 677. The van der Waals surface area contributed by atoms with Gasteiger partial charge < -0.3 is 5.32 Å². The number of nitrogens with zero attached hydrogens (tertiary/aromatic N) is 2. The van der Waals surface area contributed by atoms with E-state index < -0.39 is 0 Å². The van der Waals surface area contributed by atoms with E-state index in [0.717, 1.165) is 10.0 Å². The third-order valence-corrected chi connectivity index (χ3v) is 3.16. The number of carbonyl (C=O) groups excluding carboxylic acids is 1. The minimum absolute atomic E-state index is 0.297. The van der Waals surface area contributed by atoms with Crippen LogP contribution in [0, 0.1) is 18.3 Å². The topological polar surface area (TPSA) is 65.8 Å². The van der Waals surface area contributed by atoms with Crippen molar-refractivity contribution in [1.82, 2.24) is 4.98 Å². The zero-order valence-electron chi connectivity index (χ0n) is 10.1. The molecule has 1 aromatic heterocycles. The highest BCUT2D eigenvalue weighted by atomic mass is 79.9. The van der Waals surface area contributed by atoms with Crippen LogP contribution in [0.1, 0.15) is 21.5 Å². The maximum Gasteiger partial charge on any atom is 0.257 e. The zero-order chi connectivity index (χ0) is 13.8. The van der Waals surface area contributed by atoms with Crippen LogP contribution in [0.5, 0.6) is 0 Å². The van der Waals surface area contributed by atoms with E-state index in [0.29, 0.717) is 16.8 Å². The Morgan fingerprint density at radius 2 is 2.16 bits per heavy atom. The van der Waals surface area contributed by atoms with E-state index in [1.54, 1.807) is 0 Å². The Hall–Kier alpha value is -2.19. The minimum atomic E-state index is -0.297. The molecule has 0 saturated carbocycles. The molecule has 0 radical (unpaired) electrons. The minimum Gasteiger partial charge on any atom is -0.321 e. The van der Waals surface area contributed by atoms with Crippen molar-refractivity contribution in [3.63, 3.8) is 0 Å². The second-order valence-electron chi connectivity index (χ2n) is 4.01. The van der Waals surface area contributed by atoms with Crippen molar-refractivity contribution in [1.29, 1.82) is 5.26 Å². The fourth-order valence-electron chi connectivity index (χ4n) is 1.54. The van der Waals surface area contributed by atoms with Gasteiger partial charge in [-0.1, -0.05) is 6.07 Å². The summed E-state index contributed by atoms with van der Waals surface area (Å²) in [6.45, 7) is 1.97. The van der Waals surface area contributed by atoms with Crippen LogP contribution < -0.4 is 5.32 Å². The van der Waals surface area contributed by atoms with Gasteiger partial charge in [-0.05, 0) is 46.6 Å². The lowest BCUT2D eigenvalue weighted by atomic mass is 10.2. The smallest absolute Gasteiger partial charge is 0.257 e. The third-order valence-electron chi connectivity index (χ3n) is 2.50. The first-order valence-corrected chi connectivity index (χ1v) is 6.32. The second-order valence-corrected chi connectivity index (χ2v) is 4.87. The molecule has 2 rings (SSSR count). The Kier molecular flexibility index (Phi) is 3.93. The fourth-order valence-corrected chi connectivity index (χ4v) is 2.13. The molecule has 94 valence electrons. The van der Waals surface area contributed by atoms with Crippen LogP contribution in [0.25, 0.3) is 0 Å². The number of halogens is 1. The van der Waals surface area contributed by atoms with Gasteiger partial charge in [-0.2, -0.15) is 5.26 Å². The molecule has 0 saturated heterocycles. The van der Waals surface area contributed by atoms with Crippen LogP contribution in [0.3, 0.4) is 0 Å². The number of amides is 1. The van der Waals surface area contributed by atoms with Crippen molar-refractivity contribution < 1.29 is 4.79 Å². The molecule has 4 nitrogen and oxygen atoms in total. The number of hydrogen-bond acceptors (Lipinski definition) is 3. The molecule has 0 bridgehead atoms. The molecule has 0 fully saturated rings. The molecule has 0 aliphatic heterocycles. The van der Waals surface area contributed by atoms with Gasteiger partial charge in [0.05, 0.1) is 16.8 Å². The maximum absolute atomic E-state index is 12.0. The molecule has 2 aromatic rings. The van der Waals surface area contributed by atoms with Crippen LogP contribution in [-0.4, -0.2) is 10.9 Å². The van der Waals surface area contributed by atoms with Crippen molar-refractivity contribution >= 4 is 27.5 Å². The molecule has 0 aliphatic carbocycles. The Labute approximate surface area is 119 Å². The quantitative estimate of drug-likeness (QED) is 0.924. The summed E-state index contributed by atoms with van der Waals surface area (Å²) < 4.78 is 0.810. The second kappa shape index (κ2) is 5.63. The Morgan fingerprint density at radius 3 is 2.84 bits per heavy atom. The number of benzene rings is 1. The summed E-state index contributed by atoms with van der Waals surface area (Å²) in [6.07, 6.45) is 2.84. The number of hydrogen-bond donors (Lipinski definition) is 1. The lowest BCUT2D eigenvalue weighted by Crippen LogP contribution is -2.12. The summed E-state index contributed by atoms with van der Waals surface area (Å²) in [4.78, 5) is 15.9. The fraction of sp³-hybridized carbons (Fsp3) is 0.0714. The number of aryl methyl sites for hydroxylation is 1. The van der Waals surface area contributed by atoms with E-state index in [-0.39, 0.29) is 5.91 Å². The molecule has 0 atom stereocenters. The molecule has 0 spiro atoms. The van der Waals surface area contributed by atoms with Crippen molar-refractivity contribution in [2.45, 2.75) is 6.92 Å².